The highest BCUT2D eigenvalue weighted by atomic mass is 19.1. The van der Waals surface area contributed by atoms with Crippen LogP contribution in [0.25, 0.3) is 11.1 Å². The van der Waals surface area contributed by atoms with Crippen LogP contribution < -0.4 is 5.32 Å². The van der Waals surface area contributed by atoms with Crippen LogP contribution in [0, 0.1) is 11.6 Å². The zero-order valence-electron chi connectivity index (χ0n) is 11.8. The van der Waals surface area contributed by atoms with Gasteiger partial charge in [0.1, 0.15) is 11.6 Å². The van der Waals surface area contributed by atoms with Gasteiger partial charge in [0.25, 0.3) is 0 Å². The van der Waals surface area contributed by atoms with E-state index in [2.05, 4.69) is 19.2 Å². The van der Waals surface area contributed by atoms with E-state index in [4.69, 9.17) is 0 Å². The van der Waals surface area contributed by atoms with Gasteiger partial charge in [0.15, 0.2) is 0 Å². The lowest BCUT2D eigenvalue weighted by atomic mass is 9.95. The van der Waals surface area contributed by atoms with Crippen molar-refractivity contribution in [1.82, 2.24) is 5.32 Å². The number of halogens is 2. The number of nitrogens with one attached hydrogen (secondary N) is 1. The molecule has 1 unspecified atom stereocenters. The van der Waals surface area contributed by atoms with Crippen LogP contribution in [0.4, 0.5) is 8.78 Å². The number of rotatable bonds is 5. The molecule has 20 heavy (non-hydrogen) atoms. The molecule has 0 aromatic heterocycles. The van der Waals surface area contributed by atoms with Crippen molar-refractivity contribution in [1.29, 1.82) is 0 Å². The SMILES string of the molecule is CCCNC(C)c1ccc(F)cc1-c1ccc(F)cc1. The Morgan fingerprint density at radius 3 is 2.30 bits per heavy atom. The maximum atomic E-state index is 13.5. The zero-order chi connectivity index (χ0) is 14.5. The molecule has 1 nitrogen and oxygen atoms in total. The Hall–Kier alpha value is -1.74. The predicted molar refractivity (Wildman–Crippen MR) is 78.5 cm³/mol. The molecule has 0 aliphatic heterocycles. The van der Waals surface area contributed by atoms with Crippen LogP contribution in [0.15, 0.2) is 42.5 Å². The summed E-state index contributed by atoms with van der Waals surface area (Å²) >= 11 is 0. The molecule has 1 atom stereocenters. The van der Waals surface area contributed by atoms with Crippen molar-refractivity contribution in [3.8, 4) is 11.1 Å². The summed E-state index contributed by atoms with van der Waals surface area (Å²) in [7, 11) is 0. The molecule has 3 heteroatoms. The fraction of sp³-hybridized carbons (Fsp3) is 0.294. The molecular weight excluding hydrogens is 256 g/mol. The fourth-order valence-electron chi connectivity index (χ4n) is 2.26. The Labute approximate surface area is 118 Å². The van der Waals surface area contributed by atoms with Crippen LogP contribution in [0.3, 0.4) is 0 Å². The van der Waals surface area contributed by atoms with E-state index in [0.717, 1.165) is 29.7 Å². The van der Waals surface area contributed by atoms with Crippen LogP contribution in [-0.4, -0.2) is 6.54 Å². The molecule has 0 amide bonds. The minimum absolute atomic E-state index is 0.121. The average molecular weight is 275 g/mol. The van der Waals surface area contributed by atoms with Gasteiger partial charge in [0.05, 0.1) is 0 Å². The van der Waals surface area contributed by atoms with Crippen LogP contribution in [-0.2, 0) is 0 Å². The Balaban J connectivity index is 2.40. The van der Waals surface area contributed by atoms with Crippen LogP contribution in [0.2, 0.25) is 0 Å². The predicted octanol–water partition coefficient (Wildman–Crippen LogP) is 4.69. The van der Waals surface area contributed by atoms with Gasteiger partial charge >= 0.3 is 0 Å². The summed E-state index contributed by atoms with van der Waals surface area (Å²) in [5, 5.41) is 3.39. The van der Waals surface area contributed by atoms with E-state index in [0.29, 0.717) is 0 Å². The minimum atomic E-state index is -0.288. The van der Waals surface area contributed by atoms with Crippen LogP contribution in [0.5, 0.6) is 0 Å². The second-order valence-corrected chi connectivity index (χ2v) is 4.91. The molecule has 0 fully saturated rings. The largest absolute Gasteiger partial charge is 0.310 e. The molecule has 0 spiro atoms. The van der Waals surface area contributed by atoms with Gasteiger partial charge in [0.2, 0.25) is 0 Å². The van der Waals surface area contributed by atoms with Gasteiger partial charge in [-0.25, -0.2) is 8.78 Å². The van der Waals surface area contributed by atoms with Crippen molar-refractivity contribution in [3.63, 3.8) is 0 Å². The van der Waals surface area contributed by atoms with E-state index in [9.17, 15) is 8.78 Å². The Bertz CT molecular complexity index is 564. The molecule has 0 bridgehead atoms. The highest BCUT2D eigenvalue weighted by Crippen LogP contribution is 2.29. The Morgan fingerprint density at radius 2 is 1.65 bits per heavy atom. The molecule has 0 saturated carbocycles. The fourth-order valence-corrected chi connectivity index (χ4v) is 2.26. The Morgan fingerprint density at radius 1 is 1.00 bits per heavy atom. The second kappa shape index (κ2) is 6.62. The van der Waals surface area contributed by atoms with Crippen LogP contribution >= 0.6 is 0 Å². The highest BCUT2D eigenvalue weighted by Gasteiger charge is 2.12. The average Bonchev–Trinajstić information content (AvgIpc) is 2.45. The summed E-state index contributed by atoms with van der Waals surface area (Å²) in [6, 6.07) is 11.0. The summed E-state index contributed by atoms with van der Waals surface area (Å²) in [5.41, 5.74) is 2.65. The Kier molecular flexibility index (Phi) is 4.85. The van der Waals surface area contributed by atoms with Crippen molar-refractivity contribution in [2.24, 2.45) is 0 Å². The van der Waals surface area contributed by atoms with Gasteiger partial charge < -0.3 is 5.32 Å². The molecule has 106 valence electrons. The summed E-state index contributed by atoms with van der Waals surface area (Å²) in [6.07, 6.45) is 1.04. The van der Waals surface area contributed by atoms with E-state index in [1.54, 1.807) is 18.2 Å². The van der Waals surface area contributed by atoms with Gasteiger partial charge in [-0.2, -0.15) is 0 Å². The molecule has 0 aliphatic carbocycles. The van der Waals surface area contributed by atoms with E-state index >= 15 is 0 Å². The lowest BCUT2D eigenvalue weighted by Crippen LogP contribution is -2.20. The first kappa shape index (κ1) is 14.7. The van der Waals surface area contributed by atoms with Crippen molar-refractivity contribution < 1.29 is 8.78 Å². The molecular formula is C17H19F2N. The van der Waals surface area contributed by atoms with Crippen molar-refractivity contribution in [2.45, 2.75) is 26.3 Å². The first-order valence-corrected chi connectivity index (χ1v) is 6.90. The normalized spacial score (nSPS) is 12.4. The van der Waals surface area contributed by atoms with E-state index in [-0.39, 0.29) is 17.7 Å². The maximum Gasteiger partial charge on any atom is 0.123 e. The molecule has 0 radical (unpaired) electrons. The third-order valence-corrected chi connectivity index (χ3v) is 3.34. The molecule has 0 saturated heterocycles. The van der Waals surface area contributed by atoms with Crippen molar-refractivity contribution >= 4 is 0 Å². The minimum Gasteiger partial charge on any atom is -0.310 e. The van der Waals surface area contributed by atoms with Crippen LogP contribution in [0.1, 0.15) is 31.9 Å². The molecule has 0 heterocycles. The van der Waals surface area contributed by atoms with E-state index in [1.807, 2.05) is 0 Å². The van der Waals surface area contributed by atoms with E-state index < -0.39 is 0 Å². The van der Waals surface area contributed by atoms with Crippen molar-refractivity contribution in [2.75, 3.05) is 6.54 Å². The summed E-state index contributed by atoms with van der Waals surface area (Å²) in [5.74, 6) is -0.570. The first-order chi connectivity index (χ1) is 9.61. The molecule has 0 aliphatic rings. The van der Waals surface area contributed by atoms with Gasteiger partial charge in [-0.1, -0.05) is 25.1 Å². The lowest BCUT2D eigenvalue weighted by Gasteiger charge is -2.18. The topological polar surface area (TPSA) is 12.0 Å². The lowest BCUT2D eigenvalue weighted by molar-refractivity contribution is 0.569. The third kappa shape index (κ3) is 3.42. The number of hydrogen-bond acceptors (Lipinski definition) is 1. The van der Waals surface area contributed by atoms with Gasteiger partial charge in [-0.15, -0.1) is 0 Å². The monoisotopic (exact) mass is 275 g/mol. The van der Waals surface area contributed by atoms with Gasteiger partial charge in [-0.05, 0) is 60.8 Å². The zero-order valence-corrected chi connectivity index (χ0v) is 11.8. The summed E-state index contributed by atoms with van der Waals surface area (Å²) < 4.78 is 26.6. The van der Waals surface area contributed by atoms with Crippen molar-refractivity contribution in [3.05, 3.63) is 59.7 Å². The van der Waals surface area contributed by atoms with E-state index in [1.165, 1.54) is 24.3 Å². The van der Waals surface area contributed by atoms with Gasteiger partial charge in [-0.3, -0.25) is 0 Å². The molecule has 2 rings (SSSR count). The maximum absolute atomic E-state index is 13.5. The smallest absolute Gasteiger partial charge is 0.123 e. The highest BCUT2D eigenvalue weighted by molar-refractivity contribution is 5.68. The van der Waals surface area contributed by atoms with Gasteiger partial charge in [0, 0.05) is 6.04 Å². The molecule has 1 N–H and O–H groups in total. The summed E-state index contributed by atoms with van der Waals surface area (Å²) in [6.45, 7) is 5.06. The molecule has 2 aromatic carbocycles. The standard InChI is InChI=1S/C17H19F2N/c1-3-10-20-12(2)16-9-8-15(19)11-17(16)13-4-6-14(18)7-5-13/h4-9,11-12,20H,3,10H2,1-2H3. The second-order valence-electron chi connectivity index (χ2n) is 4.91. The quantitative estimate of drug-likeness (QED) is 0.834. The summed E-state index contributed by atoms with van der Waals surface area (Å²) in [4.78, 5) is 0. The first-order valence-electron chi connectivity index (χ1n) is 6.90. The number of hydrogen-bond donors (Lipinski definition) is 1. The number of benzene rings is 2. The molecule has 2 aromatic rings. The third-order valence-electron chi connectivity index (χ3n) is 3.34.